The lowest BCUT2D eigenvalue weighted by atomic mass is 9.95. The van der Waals surface area contributed by atoms with Crippen LogP contribution in [0.15, 0.2) is 53.6 Å². The molecule has 0 radical (unpaired) electrons. The minimum atomic E-state index is -5.00. The molecule has 0 saturated heterocycles. The number of sulfonamides is 1. The Bertz CT molecular complexity index is 1410. The maximum atomic E-state index is 13.6. The van der Waals surface area contributed by atoms with E-state index in [-0.39, 0.29) is 17.3 Å². The van der Waals surface area contributed by atoms with E-state index in [1.807, 2.05) is 0 Å². The zero-order chi connectivity index (χ0) is 23.1. The number of nitrogens with zero attached hydrogens (tertiary/aromatic N) is 5. The van der Waals surface area contributed by atoms with Crippen LogP contribution in [0.2, 0.25) is 0 Å². The summed E-state index contributed by atoms with van der Waals surface area (Å²) in [5.41, 5.74) is 5.22. The smallest absolute Gasteiger partial charge is 0.368 e. The van der Waals surface area contributed by atoms with E-state index in [9.17, 15) is 21.6 Å². The van der Waals surface area contributed by atoms with Gasteiger partial charge in [-0.3, -0.25) is 0 Å². The first kappa shape index (κ1) is 21.3. The molecular formula is C18H13F3N8O2S. The topological polar surface area (TPSA) is 166 Å². The minimum absolute atomic E-state index is 0.0337. The summed E-state index contributed by atoms with van der Waals surface area (Å²) in [6.07, 6.45) is -3.55. The van der Waals surface area contributed by atoms with Gasteiger partial charge < -0.3 is 5.73 Å². The van der Waals surface area contributed by atoms with Crippen molar-refractivity contribution >= 4 is 16.0 Å². The number of primary sulfonamides is 1. The van der Waals surface area contributed by atoms with Gasteiger partial charge in [0, 0.05) is 11.8 Å². The number of anilines is 1. The van der Waals surface area contributed by atoms with Crippen LogP contribution < -0.4 is 10.9 Å². The second-order valence-electron chi connectivity index (χ2n) is 6.52. The number of halogens is 3. The summed E-state index contributed by atoms with van der Waals surface area (Å²) in [6, 6.07) is 9.86. The lowest BCUT2D eigenvalue weighted by Crippen LogP contribution is -2.21. The molecule has 0 bridgehead atoms. The molecule has 0 aliphatic rings. The van der Waals surface area contributed by atoms with Crippen LogP contribution in [0.4, 0.5) is 19.1 Å². The standard InChI is InChI=1S/C18H13F3N8O2S/c19-18(20,21)12-5-4-11(14(15(12)32(23,30)31)16-26-28-29-27-16)9-2-1-3-10(8-9)13-6-7-24-17(22)25-13/h1-8H,(H2,22,24,25)(H2,23,30,31)(H,26,27,28,29). The molecular weight excluding hydrogens is 449 g/mol. The number of aromatic amines is 1. The molecule has 4 aromatic rings. The average Bonchev–Trinajstić information content (AvgIpc) is 3.26. The maximum Gasteiger partial charge on any atom is 0.417 e. The number of aromatic nitrogens is 6. The second-order valence-corrected chi connectivity index (χ2v) is 8.02. The Morgan fingerprint density at radius 3 is 2.41 bits per heavy atom. The van der Waals surface area contributed by atoms with Crippen LogP contribution in [0.25, 0.3) is 33.8 Å². The molecule has 164 valence electrons. The number of hydrogen-bond acceptors (Lipinski definition) is 8. The second kappa shape index (κ2) is 7.65. The van der Waals surface area contributed by atoms with Crippen LogP contribution in [-0.2, 0) is 16.2 Å². The van der Waals surface area contributed by atoms with Crippen molar-refractivity contribution in [1.29, 1.82) is 0 Å². The molecule has 0 amide bonds. The van der Waals surface area contributed by atoms with Crippen LogP contribution in [0.3, 0.4) is 0 Å². The number of H-pyrrole nitrogens is 1. The van der Waals surface area contributed by atoms with Gasteiger partial charge in [-0.05, 0) is 34.5 Å². The van der Waals surface area contributed by atoms with E-state index >= 15 is 0 Å². The highest BCUT2D eigenvalue weighted by Gasteiger charge is 2.39. The summed E-state index contributed by atoms with van der Waals surface area (Å²) in [5, 5.41) is 18.0. The third kappa shape index (κ3) is 4.00. The molecule has 4 rings (SSSR count). The summed E-state index contributed by atoms with van der Waals surface area (Å²) in [4.78, 5) is 6.78. The molecule has 0 fully saturated rings. The van der Waals surface area contributed by atoms with Crippen molar-refractivity contribution in [2.45, 2.75) is 11.1 Å². The van der Waals surface area contributed by atoms with Crippen LogP contribution >= 0.6 is 0 Å². The van der Waals surface area contributed by atoms with Gasteiger partial charge in [0.25, 0.3) is 0 Å². The van der Waals surface area contributed by atoms with Gasteiger partial charge >= 0.3 is 6.18 Å². The molecule has 5 N–H and O–H groups in total. The summed E-state index contributed by atoms with van der Waals surface area (Å²) in [7, 11) is -4.85. The Hall–Kier alpha value is -3.91. The van der Waals surface area contributed by atoms with E-state index in [1.165, 1.54) is 6.20 Å². The van der Waals surface area contributed by atoms with Crippen molar-refractivity contribution in [1.82, 2.24) is 30.6 Å². The van der Waals surface area contributed by atoms with Crippen molar-refractivity contribution in [2.75, 3.05) is 5.73 Å². The van der Waals surface area contributed by atoms with Crippen LogP contribution in [0.5, 0.6) is 0 Å². The quantitative estimate of drug-likeness (QED) is 0.415. The van der Waals surface area contributed by atoms with Gasteiger partial charge in [0.2, 0.25) is 21.8 Å². The number of rotatable bonds is 4. The fourth-order valence-corrected chi connectivity index (χ4v) is 4.19. The fourth-order valence-electron chi connectivity index (χ4n) is 3.21. The Kier molecular flexibility index (Phi) is 5.10. The highest BCUT2D eigenvalue weighted by molar-refractivity contribution is 7.89. The number of nitrogen functional groups attached to an aromatic ring is 1. The highest BCUT2D eigenvalue weighted by Crippen LogP contribution is 2.43. The molecule has 2 heterocycles. The lowest BCUT2D eigenvalue weighted by Gasteiger charge is -2.18. The summed E-state index contributed by atoms with van der Waals surface area (Å²) < 4.78 is 65.5. The third-order valence-corrected chi connectivity index (χ3v) is 5.45. The predicted octanol–water partition coefficient (Wildman–Crippen LogP) is 2.24. The number of nitrogens with one attached hydrogen (secondary N) is 1. The van der Waals surface area contributed by atoms with Crippen LogP contribution in [-0.4, -0.2) is 39.0 Å². The lowest BCUT2D eigenvalue weighted by molar-refractivity contribution is -0.139. The van der Waals surface area contributed by atoms with Gasteiger partial charge in [-0.25, -0.2) is 23.5 Å². The number of benzene rings is 2. The highest BCUT2D eigenvalue weighted by atomic mass is 32.2. The normalized spacial score (nSPS) is 12.1. The van der Waals surface area contributed by atoms with Gasteiger partial charge in [0.15, 0.2) is 0 Å². The first-order valence-electron chi connectivity index (χ1n) is 8.76. The minimum Gasteiger partial charge on any atom is -0.368 e. The fraction of sp³-hybridized carbons (Fsp3) is 0.0556. The molecule has 14 heteroatoms. The summed E-state index contributed by atoms with van der Waals surface area (Å²) in [5.74, 6) is -0.335. The molecule has 2 aromatic carbocycles. The van der Waals surface area contributed by atoms with E-state index in [0.29, 0.717) is 22.9 Å². The Labute approximate surface area is 178 Å². The Morgan fingerprint density at radius 2 is 1.78 bits per heavy atom. The zero-order valence-corrected chi connectivity index (χ0v) is 16.7. The van der Waals surface area contributed by atoms with Crippen molar-refractivity contribution in [3.63, 3.8) is 0 Å². The molecule has 0 saturated carbocycles. The molecule has 32 heavy (non-hydrogen) atoms. The average molecular weight is 462 g/mol. The van der Waals surface area contributed by atoms with Crippen LogP contribution in [0, 0.1) is 0 Å². The monoisotopic (exact) mass is 462 g/mol. The van der Waals surface area contributed by atoms with Gasteiger partial charge in [-0.1, -0.05) is 24.3 Å². The first-order chi connectivity index (χ1) is 15.1. The molecule has 0 atom stereocenters. The SMILES string of the molecule is Nc1nccc(-c2cccc(-c3ccc(C(F)(F)F)c(S(N)(=O)=O)c3-c3nn[nH]n3)c2)n1. The molecule has 10 nitrogen and oxygen atoms in total. The number of nitrogens with two attached hydrogens (primary N) is 2. The van der Waals surface area contributed by atoms with Crippen molar-refractivity contribution in [2.24, 2.45) is 5.14 Å². The van der Waals surface area contributed by atoms with E-state index in [2.05, 4.69) is 30.6 Å². The Balaban J connectivity index is 2.04. The number of alkyl halides is 3. The van der Waals surface area contributed by atoms with Gasteiger partial charge in [-0.15, -0.1) is 10.2 Å². The Morgan fingerprint density at radius 1 is 1.03 bits per heavy atom. The molecule has 0 aliphatic carbocycles. The van der Waals surface area contributed by atoms with E-state index in [4.69, 9.17) is 10.9 Å². The maximum absolute atomic E-state index is 13.6. The zero-order valence-electron chi connectivity index (χ0n) is 15.9. The van der Waals surface area contributed by atoms with Gasteiger partial charge in [0.05, 0.1) is 16.8 Å². The number of hydrogen-bond donors (Lipinski definition) is 3. The summed E-state index contributed by atoms with van der Waals surface area (Å²) in [6.45, 7) is 0. The largest absolute Gasteiger partial charge is 0.417 e. The molecule has 2 aromatic heterocycles. The van der Waals surface area contributed by atoms with E-state index in [1.54, 1.807) is 30.3 Å². The van der Waals surface area contributed by atoms with Gasteiger partial charge in [-0.2, -0.15) is 18.4 Å². The van der Waals surface area contributed by atoms with Crippen molar-refractivity contribution in [3.05, 3.63) is 54.2 Å². The third-order valence-electron chi connectivity index (χ3n) is 4.46. The number of tetrazole rings is 1. The van der Waals surface area contributed by atoms with Crippen molar-refractivity contribution in [3.8, 4) is 33.8 Å². The van der Waals surface area contributed by atoms with Crippen molar-refractivity contribution < 1.29 is 21.6 Å². The van der Waals surface area contributed by atoms with Crippen LogP contribution in [0.1, 0.15) is 5.56 Å². The van der Waals surface area contributed by atoms with E-state index < -0.39 is 32.2 Å². The van der Waals surface area contributed by atoms with E-state index in [0.717, 1.165) is 6.07 Å². The van der Waals surface area contributed by atoms with Gasteiger partial charge in [0.1, 0.15) is 4.90 Å². The molecule has 0 unspecified atom stereocenters. The predicted molar refractivity (Wildman–Crippen MR) is 107 cm³/mol. The molecule has 0 aliphatic heterocycles. The summed E-state index contributed by atoms with van der Waals surface area (Å²) >= 11 is 0. The molecule has 0 spiro atoms. The first-order valence-corrected chi connectivity index (χ1v) is 10.3.